The second kappa shape index (κ2) is 12.6. The quantitative estimate of drug-likeness (QED) is 0.211. The van der Waals surface area contributed by atoms with Gasteiger partial charge in [-0.3, -0.25) is 8.42 Å². The summed E-state index contributed by atoms with van der Waals surface area (Å²) in [7, 11) is -0.403. The van der Waals surface area contributed by atoms with Crippen LogP contribution < -0.4 is 0 Å². The minimum atomic E-state index is -5.17. The van der Waals surface area contributed by atoms with Crippen LogP contribution >= 0.6 is 28.2 Å². The van der Waals surface area contributed by atoms with E-state index in [0.717, 1.165) is 0 Å². The summed E-state index contributed by atoms with van der Waals surface area (Å²) >= 11 is 0.569. The van der Waals surface area contributed by atoms with Crippen molar-refractivity contribution in [1.82, 2.24) is 0 Å². The minimum absolute atomic E-state index is 0. The fourth-order valence-electron chi connectivity index (χ4n) is 0. The van der Waals surface area contributed by atoms with Crippen molar-refractivity contribution in [2.75, 3.05) is 0 Å². The fraction of sp³-hybridized carbons (Fsp3) is 0. The van der Waals surface area contributed by atoms with Gasteiger partial charge in [-0.1, -0.05) is 0 Å². The molecule has 0 unspecified atom stereocenters. The van der Waals surface area contributed by atoms with E-state index >= 15 is 0 Å². The zero-order chi connectivity index (χ0) is 11.7. The molecular formula is H3Cl2Ni2O8PS. The second-order valence-electron chi connectivity index (χ2n) is 0.967. The number of rotatable bonds is 0. The third-order valence-electron chi connectivity index (χ3n) is 0. The molecule has 0 fully saturated rings. The van der Waals surface area contributed by atoms with E-state index in [0.29, 0.717) is 12.7 Å². The molecule has 0 aromatic carbocycles. The molecule has 0 aromatic rings. The molecular weight excluding hydrogens is 379 g/mol. The molecule has 0 aliphatic rings. The van der Waals surface area contributed by atoms with Crippen molar-refractivity contribution in [1.29, 1.82) is 0 Å². The van der Waals surface area contributed by atoms with Gasteiger partial charge >= 0.3 is 57.4 Å². The summed E-state index contributed by atoms with van der Waals surface area (Å²) in [6.07, 6.45) is 0. The minimum Gasteiger partial charge on any atom is 2.00 e. The molecule has 14 heavy (non-hydrogen) atoms. The van der Waals surface area contributed by atoms with E-state index in [-0.39, 0.29) is 16.5 Å². The predicted octanol–water partition coefficient (Wildman–Crippen LogP) is -0.893. The molecule has 0 heterocycles. The summed E-state index contributed by atoms with van der Waals surface area (Å²) in [5.41, 5.74) is 0. The van der Waals surface area contributed by atoms with E-state index in [2.05, 4.69) is 0 Å². The molecule has 3 N–H and O–H groups in total. The molecule has 8 nitrogen and oxygen atoms in total. The number of hydrogen-bond donors (Lipinski definition) is 3. The van der Waals surface area contributed by atoms with Crippen LogP contribution in [0.25, 0.3) is 0 Å². The van der Waals surface area contributed by atoms with Gasteiger partial charge in [-0.05, 0) is 0 Å². The van der Waals surface area contributed by atoms with E-state index < -0.39 is 18.2 Å². The smallest absolute Gasteiger partial charge is 2.00 e. The first-order valence-electron chi connectivity index (χ1n) is 1.69. The van der Waals surface area contributed by atoms with Gasteiger partial charge in [-0.2, -0.15) is 0 Å². The molecule has 0 rings (SSSR count). The van der Waals surface area contributed by atoms with E-state index in [9.17, 15) is 0 Å². The summed E-state index contributed by atoms with van der Waals surface area (Å²) in [4.78, 5) is 21.6. The van der Waals surface area contributed by atoms with E-state index in [1.807, 2.05) is 0 Å². The van der Waals surface area contributed by atoms with Gasteiger partial charge in [0.05, 0.1) is 0 Å². The third-order valence-corrected chi connectivity index (χ3v) is 0. The molecule has 0 bridgehead atoms. The Morgan fingerprint density at radius 3 is 1.14 bits per heavy atom. The van der Waals surface area contributed by atoms with Crippen molar-refractivity contribution in [2.45, 2.75) is 0 Å². The Labute approximate surface area is 104 Å². The van der Waals surface area contributed by atoms with Crippen LogP contribution in [0.3, 0.4) is 0 Å². The van der Waals surface area contributed by atoms with Crippen LogP contribution in [-0.2, 0) is 44.1 Å². The van der Waals surface area contributed by atoms with Crippen LogP contribution in [-0.4, -0.2) is 32.2 Å². The Balaban J connectivity index is -0.0000000535. The van der Waals surface area contributed by atoms with Crippen molar-refractivity contribution < 1.29 is 65.9 Å². The second-order valence-corrected chi connectivity index (χ2v) is 4.44. The molecule has 0 radical (unpaired) electrons. The van der Waals surface area contributed by atoms with Crippen LogP contribution in [0.15, 0.2) is 0 Å². The predicted molar refractivity (Wildman–Crippen MR) is 36.4 cm³/mol. The van der Waals surface area contributed by atoms with Gasteiger partial charge in [0.15, 0.2) is 0 Å². The Morgan fingerprint density at radius 1 is 1.14 bits per heavy atom. The summed E-state index contributed by atoms with van der Waals surface area (Å²) in [6, 6.07) is 0. The molecule has 96 valence electrons. The van der Waals surface area contributed by atoms with Crippen LogP contribution in [0.5, 0.6) is 0 Å². The zero-order valence-corrected chi connectivity index (χ0v) is 10.8. The van der Waals surface area contributed by atoms with Gasteiger partial charge in [0, 0.05) is 10.4 Å². The average molecular weight is 382 g/mol. The van der Waals surface area contributed by atoms with Crippen molar-refractivity contribution in [3.05, 3.63) is 0 Å². The molecule has 14 heteroatoms. The van der Waals surface area contributed by atoms with Crippen LogP contribution in [0.4, 0.5) is 0 Å². The number of halogens is 2. The molecule has 0 aromatic heterocycles. The molecule has 0 saturated carbocycles. The van der Waals surface area contributed by atoms with Crippen LogP contribution in [0.2, 0.25) is 0 Å². The maximum Gasteiger partial charge on any atom is 2.00 e. The monoisotopic (exact) mass is 380 g/mol. The first-order chi connectivity index (χ1) is 5.41. The van der Waals surface area contributed by atoms with E-state index in [4.69, 9.17) is 57.2 Å². The largest absolute Gasteiger partial charge is 2.00 e. The van der Waals surface area contributed by atoms with Gasteiger partial charge in [0.25, 0.3) is 0 Å². The average Bonchev–Trinajstić information content (AvgIpc) is 1.52. The van der Waals surface area contributed by atoms with Crippen molar-refractivity contribution in [3.8, 4) is 0 Å². The first-order valence-corrected chi connectivity index (χ1v) is 7.30. The van der Waals surface area contributed by atoms with E-state index in [1.54, 1.807) is 0 Å². The molecule has 0 atom stereocenters. The van der Waals surface area contributed by atoms with Gasteiger partial charge in [0.2, 0.25) is 0 Å². The summed E-state index contributed by atoms with van der Waals surface area (Å²) in [5.74, 6) is 0. The standard InChI is InChI=1S/2ClH.2Ni.H3O4P.H2O4S/c;;;;2*1-5(2,3)4/h2*1H;;;(H3,1,2,3,4);(H2,1,2,3,4)/q;;2*+2;;/p-4. The first kappa shape index (κ1) is 24.7. The Kier molecular flexibility index (Phi) is 22.2. The van der Waals surface area contributed by atoms with Crippen LogP contribution in [0.1, 0.15) is 0 Å². The molecule has 0 saturated heterocycles. The van der Waals surface area contributed by atoms with Crippen LogP contribution in [0, 0.1) is 0 Å². The van der Waals surface area contributed by atoms with Gasteiger partial charge in [-0.15, -0.1) is 0 Å². The van der Waals surface area contributed by atoms with Gasteiger partial charge in [-0.25, -0.2) is 4.57 Å². The topological polar surface area (TPSA) is 158 Å². The normalized spacial score (nSPS) is 9.93. The summed E-state index contributed by atoms with van der Waals surface area (Å²) in [6.45, 7) is 0. The maximum atomic E-state index is 8.88. The zero-order valence-electron chi connectivity index (χ0n) is 5.63. The van der Waals surface area contributed by atoms with Crippen molar-refractivity contribution in [3.63, 3.8) is 0 Å². The van der Waals surface area contributed by atoms with Gasteiger partial charge < -0.3 is 23.8 Å². The maximum absolute atomic E-state index is 8.88. The van der Waals surface area contributed by atoms with Gasteiger partial charge in [0.1, 0.15) is 0 Å². The fourth-order valence-corrected chi connectivity index (χ4v) is 0. The Bertz CT molecular complexity index is 215. The Hall–Kier alpha value is 1.55. The SMILES string of the molecule is O=P(O)(O)O.O=S(=O)([O-])[O-].[Cl][Ni][Cl].[Ni+2]. The number of phosphoric acid groups is 1. The number of hydrogen-bond acceptors (Lipinski definition) is 5. The van der Waals surface area contributed by atoms with Crippen molar-refractivity contribution >= 4 is 38.6 Å². The molecule has 0 aliphatic heterocycles. The molecule has 0 aliphatic carbocycles. The molecule has 0 amide bonds. The van der Waals surface area contributed by atoms with E-state index in [1.165, 1.54) is 0 Å². The third kappa shape index (κ3) is 891. The summed E-state index contributed by atoms with van der Waals surface area (Å²) < 4.78 is 43.0. The Morgan fingerprint density at radius 2 is 1.14 bits per heavy atom. The summed E-state index contributed by atoms with van der Waals surface area (Å²) in [5, 5.41) is 0. The van der Waals surface area contributed by atoms with Crippen molar-refractivity contribution in [2.24, 2.45) is 0 Å². The molecule has 0 spiro atoms.